The minimum Gasteiger partial charge on any atom is -0.393 e. The van der Waals surface area contributed by atoms with Gasteiger partial charge in [-0.2, -0.15) is 0 Å². The molecule has 3 N–H and O–H groups in total. The molecule has 3 atom stereocenters. The second-order valence-electron chi connectivity index (χ2n) is 6.68. The molecule has 0 spiro atoms. The third kappa shape index (κ3) is 2.72. The van der Waals surface area contributed by atoms with Gasteiger partial charge in [0.2, 0.25) is 0 Å². The Labute approximate surface area is 148 Å². The lowest BCUT2D eigenvalue weighted by Gasteiger charge is -2.32. The molecule has 1 aliphatic rings. The molecule has 0 aliphatic carbocycles. The van der Waals surface area contributed by atoms with Crippen LogP contribution in [0, 0.1) is 6.92 Å². The molecule has 8 heteroatoms. The summed E-state index contributed by atoms with van der Waals surface area (Å²) in [6.45, 7) is 2.29. The number of ketones is 1. The van der Waals surface area contributed by atoms with E-state index < -0.39 is 41.1 Å². The van der Waals surface area contributed by atoms with Gasteiger partial charge >= 0.3 is 5.69 Å². The number of aromatic nitrogens is 2. The molecule has 1 fully saturated rings. The molecule has 1 aromatic heterocycles. The monoisotopic (exact) mass is 360 g/mol. The molecule has 1 saturated heterocycles. The Morgan fingerprint density at radius 3 is 2.62 bits per heavy atom. The van der Waals surface area contributed by atoms with Crippen LogP contribution in [-0.2, 0) is 10.5 Å². The maximum Gasteiger partial charge on any atom is 0.330 e. The maximum absolute atomic E-state index is 12.9. The zero-order valence-electron chi connectivity index (χ0n) is 14.4. The van der Waals surface area contributed by atoms with Crippen LogP contribution in [-0.4, -0.2) is 43.9 Å². The van der Waals surface area contributed by atoms with E-state index in [1.165, 1.54) is 20.0 Å². The van der Waals surface area contributed by atoms with Crippen molar-refractivity contribution in [1.29, 1.82) is 0 Å². The van der Waals surface area contributed by atoms with E-state index in [1.807, 2.05) is 0 Å². The molecule has 2 aromatic rings. The molecule has 0 bridgehead atoms. The average molecular weight is 360 g/mol. The number of nitrogens with one attached hydrogen (secondary N) is 1. The molecule has 1 aliphatic heterocycles. The Balaban J connectivity index is 2.07. The molecule has 0 saturated carbocycles. The van der Waals surface area contributed by atoms with Crippen molar-refractivity contribution in [1.82, 2.24) is 9.55 Å². The van der Waals surface area contributed by atoms with E-state index in [0.29, 0.717) is 0 Å². The van der Waals surface area contributed by atoms with Crippen LogP contribution < -0.4 is 11.2 Å². The summed E-state index contributed by atoms with van der Waals surface area (Å²) >= 11 is 0. The van der Waals surface area contributed by atoms with Crippen LogP contribution in [0.2, 0.25) is 0 Å². The zero-order valence-corrected chi connectivity index (χ0v) is 14.4. The number of benzene rings is 1. The second-order valence-corrected chi connectivity index (χ2v) is 6.68. The van der Waals surface area contributed by atoms with E-state index in [-0.39, 0.29) is 17.5 Å². The number of aryl methyl sites for hydroxylation is 1. The first kappa shape index (κ1) is 18.2. The maximum atomic E-state index is 12.9. The molecule has 8 nitrogen and oxygen atoms in total. The van der Waals surface area contributed by atoms with Crippen molar-refractivity contribution >= 4 is 5.78 Å². The van der Waals surface area contributed by atoms with Crippen LogP contribution in [0.25, 0.3) is 0 Å². The molecule has 0 amide bonds. The summed E-state index contributed by atoms with van der Waals surface area (Å²) in [6, 6.07) is 8.17. The van der Waals surface area contributed by atoms with Crippen molar-refractivity contribution in [3.63, 3.8) is 0 Å². The summed E-state index contributed by atoms with van der Waals surface area (Å²) in [5.41, 5.74) is -4.02. The third-order valence-electron chi connectivity index (χ3n) is 4.80. The summed E-state index contributed by atoms with van der Waals surface area (Å²) < 4.78 is 6.99. The highest BCUT2D eigenvalue weighted by atomic mass is 16.6. The molecule has 26 heavy (non-hydrogen) atoms. The molecule has 3 rings (SSSR count). The van der Waals surface area contributed by atoms with E-state index >= 15 is 0 Å². The number of rotatable bonds is 4. The Bertz CT molecular complexity index is 950. The summed E-state index contributed by atoms with van der Waals surface area (Å²) in [5.74, 6) is -0.578. The number of H-pyrrole nitrogens is 1. The van der Waals surface area contributed by atoms with E-state index in [4.69, 9.17) is 4.74 Å². The standard InChI is InChI=1S/C18H20N2O6/c1-11-9-20(16(25)19-15(11)24)17(2)8-13(22)18(10-21,26-17)14(23)12-6-4-3-5-7-12/h3-7,9,13,21-22H,8,10H2,1-2H3,(H,19,24,25)/t13-,17+,18+/m0/s1. The summed E-state index contributed by atoms with van der Waals surface area (Å²) in [4.78, 5) is 38.9. The fourth-order valence-corrected chi connectivity index (χ4v) is 3.33. The normalized spacial score (nSPS) is 28.2. The minimum atomic E-state index is -1.90. The summed E-state index contributed by atoms with van der Waals surface area (Å²) in [5, 5.41) is 20.5. The lowest BCUT2D eigenvalue weighted by atomic mass is 9.88. The number of hydrogen-bond donors (Lipinski definition) is 3. The SMILES string of the molecule is Cc1cn([C@@]2(C)C[C@H](O)[C@](CO)(C(=O)c3ccccc3)O2)c(=O)[nH]c1=O. The van der Waals surface area contributed by atoms with Gasteiger partial charge in [-0.3, -0.25) is 19.1 Å². The van der Waals surface area contributed by atoms with Gasteiger partial charge in [0.05, 0.1) is 12.7 Å². The summed E-state index contributed by atoms with van der Waals surface area (Å²) in [7, 11) is 0. The topological polar surface area (TPSA) is 122 Å². The third-order valence-corrected chi connectivity index (χ3v) is 4.80. The molecule has 0 unspecified atom stereocenters. The van der Waals surface area contributed by atoms with Crippen LogP contribution in [0.15, 0.2) is 46.1 Å². The fourth-order valence-electron chi connectivity index (χ4n) is 3.33. The highest BCUT2D eigenvalue weighted by Crippen LogP contribution is 2.42. The van der Waals surface area contributed by atoms with Crippen LogP contribution >= 0.6 is 0 Å². The predicted octanol–water partition coefficient (Wildman–Crippen LogP) is -0.0871. The van der Waals surface area contributed by atoms with Crippen molar-refractivity contribution in [2.24, 2.45) is 0 Å². The first-order chi connectivity index (χ1) is 12.2. The van der Waals surface area contributed by atoms with Gasteiger partial charge in [0.25, 0.3) is 5.56 Å². The molecule has 2 heterocycles. The number of nitrogens with zero attached hydrogens (tertiary/aromatic N) is 1. The van der Waals surface area contributed by atoms with Gasteiger partial charge in [-0.15, -0.1) is 0 Å². The number of aliphatic hydroxyl groups is 2. The largest absolute Gasteiger partial charge is 0.393 e. The van der Waals surface area contributed by atoms with Gasteiger partial charge in [-0.05, 0) is 13.8 Å². The first-order valence-electron chi connectivity index (χ1n) is 8.15. The van der Waals surface area contributed by atoms with Crippen LogP contribution in [0.5, 0.6) is 0 Å². The quantitative estimate of drug-likeness (QED) is 0.655. The number of Topliss-reactive ketones (excluding diaryl/α,β-unsaturated/α-hetero) is 1. The van der Waals surface area contributed by atoms with Gasteiger partial charge in [-0.25, -0.2) is 4.79 Å². The summed E-state index contributed by atoms with van der Waals surface area (Å²) in [6.07, 6.45) is -0.143. The van der Waals surface area contributed by atoms with Crippen LogP contribution in [0.3, 0.4) is 0 Å². The van der Waals surface area contributed by atoms with E-state index in [9.17, 15) is 24.6 Å². The van der Waals surface area contributed by atoms with Gasteiger partial charge in [0.15, 0.2) is 11.4 Å². The van der Waals surface area contributed by atoms with Crippen LogP contribution in [0.4, 0.5) is 0 Å². The van der Waals surface area contributed by atoms with E-state index in [1.54, 1.807) is 30.3 Å². The number of ether oxygens (including phenoxy) is 1. The first-order valence-corrected chi connectivity index (χ1v) is 8.15. The van der Waals surface area contributed by atoms with Crippen molar-refractivity contribution in [2.75, 3.05) is 6.61 Å². The lowest BCUT2D eigenvalue weighted by Crippen LogP contribution is -2.52. The van der Waals surface area contributed by atoms with Crippen molar-refractivity contribution in [2.45, 2.75) is 37.7 Å². The van der Waals surface area contributed by atoms with E-state index in [0.717, 1.165) is 4.57 Å². The van der Waals surface area contributed by atoms with Gasteiger partial charge < -0.3 is 14.9 Å². The number of aliphatic hydroxyl groups excluding tert-OH is 2. The van der Waals surface area contributed by atoms with Crippen molar-refractivity contribution < 1.29 is 19.7 Å². The lowest BCUT2D eigenvalue weighted by molar-refractivity contribution is -0.148. The molecule has 138 valence electrons. The number of carbonyl (C=O) groups excluding carboxylic acids is 1. The molecule has 0 radical (unpaired) electrons. The Morgan fingerprint density at radius 1 is 1.35 bits per heavy atom. The van der Waals surface area contributed by atoms with E-state index in [2.05, 4.69) is 4.98 Å². The number of aromatic amines is 1. The highest BCUT2D eigenvalue weighted by molar-refractivity contribution is 6.03. The minimum absolute atomic E-state index is 0.114. The fraction of sp³-hybridized carbons (Fsp3) is 0.389. The Kier molecular flexibility index (Phi) is 4.43. The smallest absolute Gasteiger partial charge is 0.330 e. The Morgan fingerprint density at radius 2 is 2.00 bits per heavy atom. The van der Waals surface area contributed by atoms with Gasteiger partial charge in [-0.1, -0.05) is 30.3 Å². The number of carbonyl (C=O) groups is 1. The molecular weight excluding hydrogens is 340 g/mol. The predicted molar refractivity (Wildman–Crippen MR) is 92.0 cm³/mol. The number of hydrogen-bond acceptors (Lipinski definition) is 6. The van der Waals surface area contributed by atoms with Gasteiger partial charge in [0, 0.05) is 23.7 Å². The second kappa shape index (κ2) is 6.31. The zero-order chi connectivity index (χ0) is 19.1. The molecular formula is C18H20N2O6. The van der Waals surface area contributed by atoms with Crippen molar-refractivity contribution in [3.8, 4) is 0 Å². The Hall–Kier alpha value is -2.55. The van der Waals surface area contributed by atoms with Crippen LogP contribution in [0.1, 0.15) is 29.3 Å². The van der Waals surface area contributed by atoms with Gasteiger partial charge in [0.1, 0.15) is 5.72 Å². The molecule has 1 aromatic carbocycles. The average Bonchev–Trinajstić information content (AvgIpc) is 2.90. The van der Waals surface area contributed by atoms with Crippen molar-refractivity contribution in [3.05, 3.63) is 68.5 Å². The highest BCUT2D eigenvalue weighted by Gasteiger charge is 2.59.